The molecule has 0 atom stereocenters. The molecule has 2 rings (SSSR count). The summed E-state index contributed by atoms with van der Waals surface area (Å²) in [5, 5.41) is 0. The summed E-state index contributed by atoms with van der Waals surface area (Å²) >= 11 is 0. The van der Waals surface area contributed by atoms with Crippen LogP contribution < -0.4 is 0 Å². The summed E-state index contributed by atoms with van der Waals surface area (Å²) in [5.41, 5.74) is -0.118. The Labute approximate surface area is 123 Å². The van der Waals surface area contributed by atoms with E-state index in [0.717, 1.165) is 50.9 Å². The third-order valence-electron chi connectivity index (χ3n) is 3.98. The number of benzene rings is 1. The van der Waals surface area contributed by atoms with E-state index in [9.17, 15) is 13.6 Å². The summed E-state index contributed by atoms with van der Waals surface area (Å²) in [6.45, 7) is 3.31. The molecule has 1 aromatic rings. The number of halogens is 2. The van der Waals surface area contributed by atoms with E-state index in [4.69, 9.17) is 4.74 Å². The molecule has 1 saturated heterocycles. The van der Waals surface area contributed by atoms with E-state index in [1.54, 1.807) is 7.11 Å². The number of nitrogens with zero attached hydrogens (tertiary/aromatic N) is 1. The maximum absolute atomic E-state index is 13.6. The van der Waals surface area contributed by atoms with Gasteiger partial charge in [0.1, 0.15) is 11.6 Å². The van der Waals surface area contributed by atoms with Gasteiger partial charge in [-0.15, -0.1) is 0 Å². The number of likely N-dealkylation sites (tertiary alicyclic amines) is 1. The highest BCUT2D eigenvalue weighted by Gasteiger charge is 2.27. The number of carbonyl (C=O) groups excluding carboxylic acids is 1. The van der Waals surface area contributed by atoms with E-state index in [0.29, 0.717) is 12.8 Å². The molecular weight excluding hydrogens is 276 g/mol. The van der Waals surface area contributed by atoms with Crippen molar-refractivity contribution in [1.82, 2.24) is 4.90 Å². The Morgan fingerprint density at radius 2 is 2.05 bits per heavy atom. The van der Waals surface area contributed by atoms with Gasteiger partial charge in [0.05, 0.1) is 5.56 Å². The van der Waals surface area contributed by atoms with Crippen molar-refractivity contribution < 1.29 is 18.3 Å². The number of hydrogen-bond acceptors (Lipinski definition) is 3. The summed E-state index contributed by atoms with van der Waals surface area (Å²) < 4.78 is 31.8. The Hall–Kier alpha value is -1.33. The molecule has 0 spiro atoms. The number of ether oxygens (including phenoxy) is 1. The molecule has 1 aliphatic rings. The van der Waals surface area contributed by atoms with Gasteiger partial charge in [-0.2, -0.15) is 0 Å². The molecule has 1 fully saturated rings. The number of carbonyl (C=O) groups is 1. The molecule has 0 bridgehead atoms. The van der Waals surface area contributed by atoms with Crippen molar-refractivity contribution in [3.8, 4) is 0 Å². The van der Waals surface area contributed by atoms with Crippen LogP contribution in [0.2, 0.25) is 0 Å². The van der Waals surface area contributed by atoms with Gasteiger partial charge in [0.25, 0.3) is 0 Å². The molecular formula is C16H21F2NO2. The smallest absolute Gasteiger partial charge is 0.169 e. The summed E-state index contributed by atoms with van der Waals surface area (Å²) in [5.74, 6) is -1.69. The van der Waals surface area contributed by atoms with Crippen LogP contribution in [-0.4, -0.2) is 44.0 Å². The fraction of sp³-hybridized carbons (Fsp3) is 0.562. The molecule has 0 aromatic heterocycles. The first-order chi connectivity index (χ1) is 10.1. The van der Waals surface area contributed by atoms with Gasteiger partial charge in [-0.05, 0) is 50.6 Å². The molecule has 0 N–H and O–H groups in total. The zero-order valence-electron chi connectivity index (χ0n) is 12.3. The zero-order chi connectivity index (χ0) is 15.2. The first-order valence-corrected chi connectivity index (χ1v) is 7.32. The lowest BCUT2D eigenvalue weighted by atomic mass is 9.88. The Morgan fingerprint density at radius 3 is 2.71 bits per heavy atom. The fourth-order valence-corrected chi connectivity index (χ4v) is 2.76. The molecule has 3 nitrogen and oxygen atoms in total. The highest BCUT2D eigenvalue weighted by Crippen LogP contribution is 2.23. The second-order valence-corrected chi connectivity index (χ2v) is 5.45. The second kappa shape index (κ2) is 7.61. The van der Waals surface area contributed by atoms with E-state index in [2.05, 4.69) is 4.90 Å². The zero-order valence-corrected chi connectivity index (χ0v) is 12.3. The van der Waals surface area contributed by atoms with Crippen LogP contribution in [0.5, 0.6) is 0 Å². The second-order valence-electron chi connectivity index (χ2n) is 5.45. The molecule has 0 unspecified atom stereocenters. The van der Waals surface area contributed by atoms with Crippen LogP contribution in [0, 0.1) is 17.6 Å². The van der Waals surface area contributed by atoms with Crippen molar-refractivity contribution in [3.63, 3.8) is 0 Å². The number of piperidine rings is 1. The average Bonchev–Trinajstić information content (AvgIpc) is 2.50. The third-order valence-corrected chi connectivity index (χ3v) is 3.98. The Balaban J connectivity index is 1.89. The van der Waals surface area contributed by atoms with Gasteiger partial charge in [-0.3, -0.25) is 4.79 Å². The minimum absolute atomic E-state index is 0.118. The van der Waals surface area contributed by atoms with Crippen molar-refractivity contribution in [2.75, 3.05) is 33.4 Å². The number of methoxy groups -OCH3 is 1. The van der Waals surface area contributed by atoms with Gasteiger partial charge in [0, 0.05) is 26.2 Å². The lowest BCUT2D eigenvalue weighted by Crippen LogP contribution is -2.37. The standard InChI is InChI=1S/C16H21F2NO2/c1-21-10-2-7-19-8-5-12(6-9-19)16(20)14-11-13(17)3-4-15(14)18/h3-4,11-12H,2,5-10H2,1H3. The van der Waals surface area contributed by atoms with E-state index >= 15 is 0 Å². The van der Waals surface area contributed by atoms with Crippen molar-refractivity contribution in [2.24, 2.45) is 5.92 Å². The lowest BCUT2D eigenvalue weighted by molar-refractivity contribution is 0.0825. The first kappa shape index (κ1) is 16.0. The fourth-order valence-electron chi connectivity index (χ4n) is 2.76. The van der Waals surface area contributed by atoms with Crippen LogP contribution >= 0.6 is 0 Å². The van der Waals surface area contributed by atoms with Crippen LogP contribution in [0.25, 0.3) is 0 Å². The molecule has 0 radical (unpaired) electrons. The molecule has 5 heteroatoms. The third kappa shape index (κ3) is 4.32. The predicted octanol–water partition coefficient (Wildman–Crippen LogP) is 2.90. The molecule has 0 saturated carbocycles. The molecule has 1 aromatic carbocycles. The van der Waals surface area contributed by atoms with E-state index in [1.165, 1.54) is 0 Å². The number of rotatable bonds is 6. The molecule has 21 heavy (non-hydrogen) atoms. The summed E-state index contributed by atoms with van der Waals surface area (Å²) in [6.07, 6.45) is 2.36. The number of hydrogen-bond donors (Lipinski definition) is 0. The van der Waals surface area contributed by atoms with Gasteiger partial charge in [0.15, 0.2) is 5.78 Å². The van der Waals surface area contributed by atoms with Gasteiger partial charge in [-0.1, -0.05) is 0 Å². The first-order valence-electron chi connectivity index (χ1n) is 7.32. The number of Topliss-reactive ketones (excluding diaryl/α,β-unsaturated/α-hetero) is 1. The topological polar surface area (TPSA) is 29.5 Å². The Kier molecular flexibility index (Phi) is 5.82. The number of ketones is 1. The molecule has 116 valence electrons. The van der Waals surface area contributed by atoms with Crippen LogP contribution in [0.3, 0.4) is 0 Å². The van der Waals surface area contributed by atoms with Crippen molar-refractivity contribution in [3.05, 3.63) is 35.4 Å². The van der Waals surface area contributed by atoms with Gasteiger partial charge >= 0.3 is 0 Å². The lowest BCUT2D eigenvalue weighted by Gasteiger charge is -2.31. The van der Waals surface area contributed by atoms with Gasteiger partial charge < -0.3 is 9.64 Å². The quantitative estimate of drug-likeness (QED) is 0.597. The summed E-state index contributed by atoms with van der Waals surface area (Å²) in [7, 11) is 1.68. The van der Waals surface area contributed by atoms with Crippen LogP contribution in [0.15, 0.2) is 18.2 Å². The molecule has 1 aliphatic heterocycles. The summed E-state index contributed by atoms with van der Waals surface area (Å²) in [4.78, 5) is 14.6. The molecule has 0 amide bonds. The summed E-state index contributed by atoms with van der Waals surface area (Å²) in [6, 6.07) is 3.05. The Bertz CT molecular complexity index is 485. The van der Waals surface area contributed by atoms with E-state index < -0.39 is 11.6 Å². The maximum Gasteiger partial charge on any atom is 0.169 e. The monoisotopic (exact) mass is 297 g/mol. The van der Waals surface area contributed by atoms with Crippen molar-refractivity contribution in [2.45, 2.75) is 19.3 Å². The maximum atomic E-state index is 13.6. The van der Waals surface area contributed by atoms with E-state index in [1.807, 2.05) is 0 Å². The highest BCUT2D eigenvalue weighted by molar-refractivity contribution is 5.98. The minimum atomic E-state index is -0.635. The normalized spacial score (nSPS) is 17.1. The van der Waals surface area contributed by atoms with Crippen LogP contribution in [0.1, 0.15) is 29.6 Å². The van der Waals surface area contributed by atoms with E-state index in [-0.39, 0.29) is 17.3 Å². The van der Waals surface area contributed by atoms with Gasteiger partial charge in [0.2, 0.25) is 0 Å². The van der Waals surface area contributed by atoms with Gasteiger partial charge in [-0.25, -0.2) is 8.78 Å². The van der Waals surface area contributed by atoms with Crippen molar-refractivity contribution >= 4 is 5.78 Å². The highest BCUT2D eigenvalue weighted by atomic mass is 19.1. The molecule has 0 aliphatic carbocycles. The average molecular weight is 297 g/mol. The predicted molar refractivity (Wildman–Crippen MR) is 76.3 cm³/mol. The SMILES string of the molecule is COCCCN1CCC(C(=O)c2cc(F)ccc2F)CC1. The minimum Gasteiger partial charge on any atom is -0.385 e. The van der Waals surface area contributed by atoms with Crippen LogP contribution in [0.4, 0.5) is 8.78 Å². The van der Waals surface area contributed by atoms with Crippen molar-refractivity contribution in [1.29, 1.82) is 0 Å². The Morgan fingerprint density at radius 1 is 1.33 bits per heavy atom. The van der Waals surface area contributed by atoms with Crippen LogP contribution in [-0.2, 0) is 4.74 Å². The molecule has 1 heterocycles. The largest absolute Gasteiger partial charge is 0.385 e.